The molecule has 134 valence electrons. The Bertz CT molecular complexity index is 943. The average Bonchev–Trinajstić information content (AvgIpc) is 3.22. The van der Waals surface area contributed by atoms with E-state index in [-0.39, 0.29) is 12.5 Å². The van der Waals surface area contributed by atoms with Crippen LogP contribution in [0.3, 0.4) is 0 Å². The van der Waals surface area contributed by atoms with Gasteiger partial charge >= 0.3 is 5.97 Å². The van der Waals surface area contributed by atoms with Crippen LogP contribution in [0.5, 0.6) is 0 Å². The van der Waals surface area contributed by atoms with E-state index in [1.54, 1.807) is 19.9 Å². The number of anilines is 1. The first kappa shape index (κ1) is 18.4. The Kier molecular flexibility index (Phi) is 5.58. The smallest absolute Gasteiger partial charge is 0.341 e. The van der Waals surface area contributed by atoms with E-state index in [0.717, 1.165) is 15.6 Å². The lowest BCUT2D eigenvalue weighted by Gasteiger charge is -2.08. The number of benzene rings is 1. The third-order valence-corrected chi connectivity index (χ3v) is 5.18. The second kappa shape index (κ2) is 7.88. The summed E-state index contributed by atoms with van der Waals surface area (Å²) in [7, 11) is 0. The van der Waals surface area contributed by atoms with E-state index >= 15 is 0 Å². The zero-order valence-corrected chi connectivity index (χ0v) is 16.6. The van der Waals surface area contributed by atoms with Crippen molar-refractivity contribution in [1.82, 2.24) is 0 Å². The van der Waals surface area contributed by atoms with E-state index in [1.165, 1.54) is 17.6 Å². The summed E-state index contributed by atoms with van der Waals surface area (Å²) in [6.45, 7) is 3.71. The molecule has 26 heavy (non-hydrogen) atoms. The van der Waals surface area contributed by atoms with Crippen LogP contribution in [-0.4, -0.2) is 18.5 Å². The average molecular weight is 434 g/mol. The van der Waals surface area contributed by atoms with Crippen LogP contribution in [0, 0.1) is 6.92 Å². The summed E-state index contributed by atoms with van der Waals surface area (Å²) in [5.74, 6) is -0.276. The summed E-state index contributed by atoms with van der Waals surface area (Å²) in [4.78, 5) is 25.0. The number of carbonyl (C=O) groups is 2. The Balaban J connectivity index is 2.00. The van der Waals surface area contributed by atoms with E-state index in [9.17, 15) is 9.59 Å². The highest BCUT2D eigenvalue weighted by Gasteiger charge is 2.23. The maximum atomic E-state index is 12.5. The molecule has 2 heterocycles. The number of ether oxygens (including phenoxy) is 1. The van der Waals surface area contributed by atoms with Gasteiger partial charge in [0.2, 0.25) is 0 Å². The van der Waals surface area contributed by atoms with Crippen LogP contribution >= 0.6 is 27.3 Å². The molecule has 0 aliphatic carbocycles. The number of amides is 1. The van der Waals surface area contributed by atoms with Crippen LogP contribution in [0.2, 0.25) is 0 Å². The molecule has 3 rings (SSSR count). The van der Waals surface area contributed by atoms with Crippen LogP contribution in [0.4, 0.5) is 5.00 Å². The van der Waals surface area contributed by atoms with Crippen LogP contribution < -0.4 is 5.32 Å². The van der Waals surface area contributed by atoms with Crippen molar-refractivity contribution in [3.63, 3.8) is 0 Å². The van der Waals surface area contributed by atoms with Crippen molar-refractivity contribution in [3.05, 3.63) is 63.3 Å². The zero-order valence-electron chi connectivity index (χ0n) is 14.2. The summed E-state index contributed by atoms with van der Waals surface area (Å²) in [5.41, 5.74) is 2.37. The maximum absolute atomic E-state index is 12.5. The molecule has 3 aromatic rings. The van der Waals surface area contributed by atoms with Crippen LogP contribution in [-0.2, 0) is 4.74 Å². The van der Waals surface area contributed by atoms with Gasteiger partial charge in [-0.25, -0.2) is 4.79 Å². The van der Waals surface area contributed by atoms with Crippen molar-refractivity contribution >= 4 is 44.1 Å². The molecule has 0 saturated carbocycles. The standard InChI is InChI=1S/C19H16BrNO4S/c1-3-24-19(23)16-15(12-4-6-13(20)7-5-12)10-26-18(16)21-17(22)14-8-9-25-11(14)2/h4-10H,3H2,1-2H3,(H,21,22). The van der Waals surface area contributed by atoms with Gasteiger partial charge in [-0.15, -0.1) is 11.3 Å². The maximum Gasteiger partial charge on any atom is 0.341 e. The van der Waals surface area contributed by atoms with Crippen molar-refractivity contribution in [2.24, 2.45) is 0 Å². The number of furan rings is 1. The molecule has 0 atom stereocenters. The fourth-order valence-electron chi connectivity index (χ4n) is 2.49. The fourth-order valence-corrected chi connectivity index (χ4v) is 3.71. The molecular weight excluding hydrogens is 418 g/mol. The van der Waals surface area contributed by atoms with E-state index in [2.05, 4.69) is 21.2 Å². The van der Waals surface area contributed by atoms with Gasteiger partial charge in [-0.2, -0.15) is 0 Å². The summed E-state index contributed by atoms with van der Waals surface area (Å²) in [5, 5.41) is 5.10. The van der Waals surface area contributed by atoms with Crippen molar-refractivity contribution in [2.45, 2.75) is 13.8 Å². The van der Waals surface area contributed by atoms with E-state index < -0.39 is 5.97 Å². The molecule has 0 aliphatic rings. The molecule has 7 heteroatoms. The van der Waals surface area contributed by atoms with Gasteiger partial charge in [0.05, 0.1) is 18.4 Å². The first-order valence-electron chi connectivity index (χ1n) is 7.91. The van der Waals surface area contributed by atoms with Crippen LogP contribution in [0.15, 0.2) is 50.9 Å². The second-order valence-corrected chi connectivity index (χ2v) is 7.22. The molecule has 0 spiro atoms. The summed E-state index contributed by atoms with van der Waals surface area (Å²) in [6.07, 6.45) is 1.46. The number of aryl methyl sites for hydroxylation is 1. The predicted molar refractivity (Wildman–Crippen MR) is 105 cm³/mol. The number of rotatable bonds is 5. The molecule has 5 nitrogen and oxygen atoms in total. The molecule has 1 aromatic carbocycles. The number of thiophene rings is 1. The molecule has 0 bridgehead atoms. The van der Waals surface area contributed by atoms with E-state index in [4.69, 9.17) is 9.15 Å². The monoisotopic (exact) mass is 433 g/mol. The predicted octanol–water partition coefficient (Wildman–Crippen LogP) is 5.51. The quantitative estimate of drug-likeness (QED) is 0.538. The molecular formula is C19H16BrNO4S. The number of hydrogen-bond acceptors (Lipinski definition) is 5. The molecule has 0 radical (unpaired) electrons. The Morgan fingerprint density at radius 3 is 2.58 bits per heavy atom. The molecule has 0 fully saturated rings. The van der Waals surface area contributed by atoms with Gasteiger partial charge in [-0.3, -0.25) is 4.79 Å². The van der Waals surface area contributed by atoms with E-state index in [0.29, 0.717) is 21.9 Å². The first-order valence-corrected chi connectivity index (χ1v) is 9.58. The Labute approximate surface area is 163 Å². The molecule has 2 aromatic heterocycles. The summed E-state index contributed by atoms with van der Waals surface area (Å²) in [6, 6.07) is 9.20. The highest BCUT2D eigenvalue weighted by Crippen LogP contribution is 2.37. The van der Waals surface area contributed by atoms with Gasteiger partial charge < -0.3 is 14.5 Å². The van der Waals surface area contributed by atoms with Gasteiger partial charge in [-0.1, -0.05) is 28.1 Å². The third kappa shape index (κ3) is 3.73. The Hall–Kier alpha value is -2.38. The minimum absolute atomic E-state index is 0.253. The molecule has 1 N–H and O–H groups in total. The highest BCUT2D eigenvalue weighted by molar-refractivity contribution is 9.10. The van der Waals surface area contributed by atoms with E-state index in [1.807, 2.05) is 29.6 Å². The minimum atomic E-state index is -0.467. The lowest BCUT2D eigenvalue weighted by atomic mass is 10.0. The lowest BCUT2D eigenvalue weighted by molar-refractivity contribution is 0.0529. The van der Waals surface area contributed by atoms with Gasteiger partial charge in [0.15, 0.2) is 0 Å². The van der Waals surface area contributed by atoms with Crippen molar-refractivity contribution in [3.8, 4) is 11.1 Å². The Morgan fingerprint density at radius 1 is 1.23 bits per heavy atom. The largest absolute Gasteiger partial charge is 0.469 e. The number of esters is 1. The highest BCUT2D eigenvalue weighted by atomic mass is 79.9. The number of carbonyl (C=O) groups excluding carboxylic acids is 2. The topological polar surface area (TPSA) is 68.5 Å². The van der Waals surface area contributed by atoms with Gasteiger partial charge in [0.1, 0.15) is 16.3 Å². The number of hydrogen-bond donors (Lipinski definition) is 1. The summed E-state index contributed by atoms with van der Waals surface area (Å²) >= 11 is 4.69. The number of nitrogens with one attached hydrogen (secondary N) is 1. The Morgan fingerprint density at radius 2 is 1.96 bits per heavy atom. The fraction of sp³-hybridized carbons (Fsp3) is 0.158. The van der Waals surface area contributed by atoms with Gasteiger partial charge in [0.25, 0.3) is 5.91 Å². The van der Waals surface area contributed by atoms with Gasteiger partial charge in [0, 0.05) is 15.4 Å². The number of halogens is 1. The molecule has 1 amide bonds. The first-order chi connectivity index (χ1) is 12.5. The molecule has 0 saturated heterocycles. The zero-order chi connectivity index (χ0) is 18.7. The SMILES string of the molecule is CCOC(=O)c1c(-c2ccc(Br)cc2)csc1NC(=O)c1ccoc1C. The normalized spacial score (nSPS) is 10.6. The molecule has 0 aliphatic heterocycles. The minimum Gasteiger partial charge on any atom is -0.469 e. The molecule has 0 unspecified atom stereocenters. The van der Waals surface area contributed by atoms with Crippen LogP contribution in [0.1, 0.15) is 33.4 Å². The second-order valence-electron chi connectivity index (χ2n) is 5.43. The van der Waals surface area contributed by atoms with Crippen molar-refractivity contribution < 1.29 is 18.7 Å². The third-order valence-electron chi connectivity index (χ3n) is 3.76. The summed E-state index contributed by atoms with van der Waals surface area (Å²) < 4.78 is 11.3. The van der Waals surface area contributed by atoms with Crippen molar-refractivity contribution in [1.29, 1.82) is 0 Å². The van der Waals surface area contributed by atoms with Crippen molar-refractivity contribution in [2.75, 3.05) is 11.9 Å². The van der Waals surface area contributed by atoms with Crippen LogP contribution in [0.25, 0.3) is 11.1 Å². The van der Waals surface area contributed by atoms with Gasteiger partial charge in [-0.05, 0) is 37.6 Å². The lowest BCUT2D eigenvalue weighted by Crippen LogP contribution is -2.15.